The number of hydrogen-bond donors (Lipinski definition) is 1. The van der Waals surface area contributed by atoms with Crippen LogP contribution in [0.25, 0.3) is 5.65 Å². The Hall–Kier alpha value is -2.13. The lowest BCUT2D eigenvalue weighted by Gasteiger charge is -2.18. The summed E-state index contributed by atoms with van der Waals surface area (Å²) in [6, 6.07) is 5.83. The van der Waals surface area contributed by atoms with E-state index in [1.54, 1.807) is 10.5 Å². The number of nitrogens with one attached hydrogen (secondary N) is 1. The van der Waals surface area contributed by atoms with Crippen molar-refractivity contribution in [2.75, 3.05) is 21.9 Å². The van der Waals surface area contributed by atoms with Gasteiger partial charge in [0.05, 0.1) is 23.7 Å². The number of anilines is 2. The molecule has 0 radical (unpaired) electrons. The molecule has 0 atom stereocenters. The van der Waals surface area contributed by atoms with Gasteiger partial charge in [0.1, 0.15) is 4.60 Å². The number of rotatable bonds is 5. The van der Waals surface area contributed by atoms with Crippen LogP contribution in [0.2, 0.25) is 0 Å². The summed E-state index contributed by atoms with van der Waals surface area (Å²) >= 11 is 3.37. The Morgan fingerprint density at radius 3 is 2.82 bits per heavy atom. The summed E-state index contributed by atoms with van der Waals surface area (Å²) in [4.78, 5) is 8.87. The van der Waals surface area contributed by atoms with Gasteiger partial charge in [0, 0.05) is 30.8 Å². The van der Waals surface area contributed by atoms with E-state index in [4.69, 9.17) is 4.98 Å². The minimum absolute atomic E-state index is 0.207. The maximum Gasteiger partial charge on any atom is 0.235 e. The van der Waals surface area contributed by atoms with Gasteiger partial charge in [0.15, 0.2) is 5.65 Å². The molecule has 3 aromatic heterocycles. The SMILES string of the molecule is O=S1(=O)CCCN1c1cc(C2CC2)cn2cc(CNc3ccnc(Br)c3)nc12. The van der Waals surface area contributed by atoms with Crippen LogP contribution in [0, 0.1) is 0 Å². The van der Waals surface area contributed by atoms with Crippen LogP contribution < -0.4 is 9.62 Å². The lowest BCUT2D eigenvalue weighted by Crippen LogP contribution is -2.26. The highest BCUT2D eigenvalue weighted by Crippen LogP contribution is 2.42. The molecule has 9 heteroatoms. The lowest BCUT2D eigenvalue weighted by molar-refractivity contribution is 0.599. The largest absolute Gasteiger partial charge is 0.379 e. The van der Waals surface area contributed by atoms with Gasteiger partial charge in [-0.2, -0.15) is 0 Å². The molecule has 0 spiro atoms. The Balaban J connectivity index is 1.51. The Bertz CT molecular complexity index is 1160. The number of hydrogen-bond acceptors (Lipinski definition) is 5. The van der Waals surface area contributed by atoms with E-state index in [2.05, 4.69) is 32.4 Å². The van der Waals surface area contributed by atoms with Crippen molar-refractivity contribution in [2.45, 2.75) is 31.7 Å². The van der Waals surface area contributed by atoms with E-state index in [1.807, 2.05) is 28.8 Å². The Morgan fingerprint density at radius 1 is 1.25 bits per heavy atom. The van der Waals surface area contributed by atoms with Crippen LogP contribution in [0.5, 0.6) is 0 Å². The molecule has 28 heavy (non-hydrogen) atoms. The zero-order valence-corrected chi connectivity index (χ0v) is 17.6. The van der Waals surface area contributed by atoms with Crippen LogP contribution in [0.15, 0.2) is 41.4 Å². The summed E-state index contributed by atoms with van der Waals surface area (Å²) in [7, 11) is -3.25. The number of aromatic nitrogens is 3. The second kappa shape index (κ2) is 6.73. The summed E-state index contributed by atoms with van der Waals surface area (Å²) in [5, 5.41) is 3.34. The first-order chi connectivity index (χ1) is 13.5. The van der Waals surface area contributed by atoms with Crippen molar-refractivity contribution in [1.82, 2.24) is 14.4 Å². The van der Waals surface area contributed by atoms with Crippen molar-refractivity contribution in [1.29, 1.82) is 0 Å². The smallest absolute Gasteiger partial charge is 0.235 e. The van der Waals surface area contributed by atoms with E-state index in [0.717, 1.165) is 28.8 Å². The third-order valence-electron chi connectivity index (χ3n) is 5.22. The predicted molar refractivity (Wildman–Crippen MR) is 112 cm³/mol. The van der Waals surface area contributed by atoms with Crippen molar-refractivity contribution in [3.8, 4) is 0 Å². The lowest BCUT2D eigenvalue weighted by atomic mass is 10.2. The molecule has 4 heterocycles. The molecule has 0 aromatic carbocycles. The van der Waals surface area contributed by atoms with Gasteiger partial charge in [0.25, 0.3) is 0 Å². The molecule has 146 valence electrons. The molecule has 2 aliphatic rings. The first kappa shape index (κ1) is 17.9. The van der Waals surface area contributed by atoms with Crippen LogP contribution in [0.4, 0.5) is 11.4 Å². The second-order valence-electron chi connectivity index (χ2n) is 7.36. The average molecular weight is 462 g/mol. The molecule has 0 unspecified atom stereocenters. The number of imidazole rings is 1. The van der Waals surface area contributed by atoms with Gasteiger partial charge >= 0.3 is 0 Å². The maximum atomic E-state index is 12.5. The molecular formula is C19H20BrN5O2S. The summed E-state index contributed by atoms with van der Waals surface area (Å²) in [5.41, 5.74) is 4.40. The quantitative estimate of drug-likeness (QED) is 0.587. The number of nitrogens with zero attached hydrogens (tertiary/aromatic N) is 4. The fraction of sp³-hybridized carbons (Fsp3) is 0.368. The average Bonchev–Trinajstić information content (AvgIpc) is 3.33. The molecule has 0 amide bonds. The molecule has 1 saturated heterocycles. The number of fused-ring (bicyclic) bond motifs is 1. The number of pyridine rings is 2. The molecule has 1 N–H and O–H groups in total. The van der Waals surface area contributed by atoms with Crippen molar-refractivity contribution in [3.63, 3.8) is 0 Å². The summed E-state index contributed by atoms with van der Waals surface area (Å²) < 4.78 is 29.3. The third kappa shape index (κ3) is 3.37. The molecular weight excluding hydrogens is 442 g/mol. The Morgan fingerprint density at radius 2 is 2.11 bits per heavy atom. The van der Waals surface area contributed by atoms with Crippen molar-refractivity contribution < 1.29 is 8.42 Å². The summed E-state index contributed by atoms with van der Waals surface area (Å²) in [6.07, 6.45) is 8.80. The topological polar surface area (TPSA) is 79.6 Å². The van der Waals surface area contributed by atoms with Gasteiger partial charge in [-0.3, -0.25) is 4.31 Å². The van der Waals surface area contributed by atoms with Crippen LogP contribution in [-0.4, -0.2) is 35.1 Å². The van der Waals surface area contributed by atoms with E-state index in [1.165, 1.54) is 5.56 Å². The third-order valence-corrected chi connectivity index (χ3v) is 7.51. The fourth-order valence-corrected chi connectivity index (χ4v) is 5.60. The maximum absolute atomic E-state index is 12.5. The Labute approximate surface area is 172 Å². The highest BCUT2D eigenvalue weighted by atomic mass is 79.9. The highest BCUT2D eigenvalue weighted by molar-refractivity contribution is 9.10. The Kier molecular flexibility index (Phi) is 4.31. The number of halogens is 1. The minimum atomic E-state index is -3.25. The highest BCUT2D eigenvalue weighted by Gasteiger charge is 2.32. The number of sulfonamides is 1. The van der Waals surface area contributed by atoms with Crippen molar-refractivity contribution in [3.05, 3.63) is 52.7 Å². The zero-order chi connectivity index (χ0) is 19.3. The van der Waals surface area contributed by atoms with E-state index < -0.39 is 10.0 Å². The normalized spacial score (nSPS) is 18.7. The fourth-order valence-electron chi connectivity index (χ4n) is 3.68. The molecule has 1 aliphatic heterocycles. The van der Waals surface area contributed by atoms with Gasteiger partial charge in [0.2, 0.25) is 10.0 Å². The molecule has 1 saturated carbocycles. The van der Waals surface area contributed by atoms with Gasteiger partial charge in [-0.05, 0) is 64.9 Å². The van der Waals surface area contributed by atoms with E-state index in [0.29, 0.717) is 36.8 Å². The van der Waals surface area contributed by atoms with Crippen LogP contribution >= 0.6 is 15.9 Å². The van der Waals surface area contributed by atoms with Gasteiger partial charge in [-0.25, -0.2) is 18.4 Å². The summed E-state index contributed by atoms with van der Waals surface area (Å²) in [6.45, 7) is 1.07. The van der Waals surface area contributed by atoms with E-state index in [-0.39, 0.29) is 5.75 Å². The van der Waals surface area contributed by atoms with E-state index in [9.17, 15) is 8.42 Å². The minimum Gasteiger partial charge on any atom is -0.379 e. The van der Waals surface area contributed by atoms with Gasteiger partial charge in [-0.15, -0.1) is 0 Å². The molecule has 2 fully saturated rings. The first-order valence-corrected chi connectivity index (χ1v) is 11.8. The van der Waals surface area contributed by atoms with Crippen LogP contribution in [-0.2, 0) is 16.6 Å². The van der Waals surface area contributed by atoms with Crippen LogP contribution in [0.3, 0.4) is 0 Å². The van der Waals surface area contributed by atoms with Gasteiger partial charge in [-0.1, -0.05) is 0 Å². The van der Waals surface area contributed by atoms with Gasteiger partial charge < -0.3 is 9.72 Å². The molecule has 3 aromatic rings. The zero-order valence-electron chi connectivity index (χ0n) is 15.2. The predicted octanol–water partition coefficient (Wildman–Crippen LogP) is 3.52. The molecule has 1 aliphatic carbocycles. The summed E-state index contributed by atoms with van der Waals surface area (Å²) in [5.74, 6) is 0.741. The standard InChI is InChI=1S/C19H20BrN5O2S/c20-18-9-15(4-5-21-18)22-10-16-12-24-11-14(13-2-3-13)8-17(19(24)23-16)25-6-1-7-28(25,26)27/h4-5,8-9,11-13H,1-3,6-7,10H2,(H,21,22). The van der Waals surface area contributed by atoms with Crippen molar-refractivity contribution in [2.24, 2.45) is 0 Å². The molecule has 7 nitrogen and oxygen atoms in total. The first-order valence-electron chi connectivity index (χ1n) is 9.37. The van der Waals surface area contributed by atoms with Crippen LogP contribution in [0.1, 0.15) is 36.4 Å². The van der Waals surface area contributed by atoms with E-state index >= 15 is 0 Å². The molecule has 0 bridgehead atoms. The monoisotopic (exact) mass is 461 g/mol. The van der Waals surface area contributed by atoms with Crippen molar-refractivity contribution >= 4 is 43.0 Å². The second-order valence-corrected chi connectivity index (χ2v) is 10.2. The molecule has 5 rings (SSSR count).